The predicted octanol–water partition coefficient (Wildman–Crippen LogP) is 2.32. The quantitative estimate of drug-likeness (QED) is 0.879. The standard InChI is InChI=1S/C13H18BrN3O3/c1-8-10(6-15-12(19-2)11(8)14)17-13(18)16-5-9-3-4-20-7-9/h6,9H,3-5,7H2,1-2H3,(H2,16,17,18). The molecule has 1 saturated heterocycles. The lowest BCUT2D eigenvalue weighted by Crippen LogP contribution is -2.33. The average molecular weight is 344 g/mol. The third-order valence-corrected chi connectivity index (χ3v) is 4.18. The molecule has 1 aliphatic rings. The van der Waals surface area contributed by atoms with E-state index in [4.69, 9.17) is 9.47 Å². The number of nitrogens with zero attached hydrogens (tertiary/aromatic N) is 1. The van der Waals surface area contributed by atoms with Crippen molar-refractivity contribution in [3.63, 3.8) is 0 Å². The van der Waals surface area contributed by atoms with Crippen molar-refractivity contribution in [3.8, 4) is 5.88 Å². The Kier molecular flexibility index (Phi) is 5.19. The van der Waals surface area contributed by atoms with Crippen molar-refractivity contribution >= 4 is 27.6 Å². The van der Waals surface area contributed by atoms with Crippen LogP contribution in [0.1, 0.15) is 12.0 Å². The van der Waals surface area contributed by atoms with Gasteiger partial charge >= 0.3 is 6.03 Å². The molecular formula is C13H18BrN3O3. The molecular weight excluding hydrogens is 326 g/mol. The molecule has 2 amide bonds. The molecule has 0 aromatic carbocycles. The monoisotopic (exact) mass is 343 g/mol. The zero-order valence-electron chi connectivity index (χ0n) is 11.5. The van der Waals surface area contributed by atoms with Crippen LogP contribution in [-0.2, 0) is 4.74 Å². The van der Waals surface area contributed by atoms with Crippen LogP contribution in [0.15, 0.2) is 10.7 Å². The normalized spacial score (nSPS) is 17.9. The Morgan fingerprint density at radius 2 is 2.45 bits per heavy atom. The van der Waals surface area contributed by atoms with Gasteiger partial charge < -0.3 is 20.1 Å². The molecule has 1 aliphatic heterocycles. The minimum atomic E-state index is -0.237. The van der Waals surface area contributed by atoms with Crippen molar-refractivity contribution in [1.29, 1.82) is 0 Å². The summed E-state index contributed by atoms with van der Waals surface area (Å²) in [5, 5.41) is 5.63. The third kappa shape index (κ3) is 3.61. The summed E-state index contributed by atoms with van der Waals surface area (Å²) in [6.45, 7) is 4.00. The van der Waals surface area contributed by atoms with Gasteiger partial charge in [-0.2, -0.15) is 0 Å². The van der Waals surface area contributed by atoms with Gasteiger partial charge in [0.2, 0.25) is 5.88 Å². The van der Waals surface area contributed by atoms with Crippen LogP contribution >= 0.6 is 15.9 Å². The van der Waals surface area contributed by atoms with E-state index in [9.17, 15) is 4.79 Å². The lowest BCUT2D eigenvalue weighted by molar-refractivity contribution is 0.185. The predicted molar refractivity (Wildman–Crippen MR) is 79.2 cm³/mol. The first-order valence-electron chi connectivity index (χ1n) is 6.43. The van der Waals surface area contributed by atoms with Crippen LogP contribution in [0.4, 0.5) is 10.5 Å². The van der Waals surface area contributed by atoms with E-state index < -0.39 is 0 Å². The minimum Gasteiger partial charge on any atom is -0.480 e. The Morgan fingerprint density at radius 1 is 1.65 bits per heavy atom. The van der Waals surface area contributed by atoms with E-state index in [-0.39, 0.29) is 6.03 Å². The van der Waals surface area contributed by atoms with Crippen molar-refractivity contribution in [2.75, 3.05) is 32.2 Å². The van der Waals surface area contributed by atoms with Crippen LogP contribution in [-0.4, -0.2) is 37.9 Å². The highest BCUT2D eigenvalue weighted by molar-refractivity contribution is 9.10. The molecule has 6 nitrogen and oxygen atoms in total. The molecule has 2 heterocycles. The molecule has 0 saturated carbocycles. The number of halogens is 1. The fourth-order valence-corrected chi connectivity index (χ4v) is 2.45. The molecule has 20 heavy (non-hydrogen) atoms. The van der Waals surface area contributed by atoms with Crippen LogP contribution in [0.2, 0.25) is 0 Å². The number of nitrogens with one attached hydrogen (secondary N) is 2. The summed E-state index contributed by atoms with van der Waals surface area (Å²) < 4.78 is 11.1. The number of hydrogen-bond acceptors (Lipinski definition) is 4. The highest BCUT2D eigenvalue weighted by atomic mass is 79.9. The lowest BCUT2D eigenvalue weighted by Gasteiger charge is -2.13. The van der Waals surface area contributed by atoms with Crippen LogP contribution in [0.3, 0.4) is 0 Å². The van der Waals surface area contributed by atoms with E-state index in [2.05, 4.69) is 31.5 Å². The molecule has 0 aliphatic carbocycles. The molecule has 0 bridgehead atoms. The SMILES string of the molecule is COc1ncc(NC(=O)NCC2CCOC2)c(C)c1Br. The van der Waals surface area contributed by atoms with E-state index in [0.29, 0.717) is 24.0 Å². The minimum absolute atomic E-state index is 0.237. The van der Waals surface area contributed by atoms with Gasteiger partial charge in [0.05, 0.1) is 30.1 Å². The summed E-state index contributed by atoms with van der Waals surface area (Å²) in [4.78, 5) is 16.0. The van der Waals surface area contributed by atoms with Gasteiger partial charge in [0.25, 0.3) is 0 Å². The van der Waals surface area contributed by atoms with Crippen LogP contribution in [0.25, 0.3) is 0 Å². The van der Waals surface area contributed by atoms with Crippen LogP contribution in [0, 0.1) is 12.8 Å². The lowest BCUT2D eigenvalue weighted by atomic mass is 10.1. The van der Waals surface area contributed by atoms with E-state index in [1.807, 2.05) is 6.92 Å². The summed E-state index contributed by atoms with van der Waals surface area (Å²) in [7, 11) is 1.55. The van der Waals surface area contributed by atoms with Crippen molar-refractivity contribution in [2.45, 2.75) is 13.3 Å². The van der Waals surface area contributed by atoms with Gasteiger partial charge in [0.1, 0.15) is 0 Å². The number of urea groups is 1. The van der Waals surface area contributed by atoms with E-state index in [0.717, 1.165) is 29.7 Å². The highest BCUT2D eigenvalue weighted by Gasteiger charge is 2.17. The average Bonchev–Trinajstić information content (AvgIpc) is 2.95. The largest absolute Gasteiger partial charge is 0.480 e. The number of ether oxygens (including phenoxy) is 2. The molecule has 110 valence electrons. The van der Waals surface area contributed by atoms with E-state index in [1.165, 1.54) is 0 Å². The Hall–Kier alpha value is -1.34. The van der Waals surface area contributed by atoms with Crippen molar-refractivity contribution < 1.29 is 14.3 Å². The third-order valence-electron chi connectivity index (χ3n) is 3.25. The fourth-order valence-electron chi connectivity index (χ4n) is 1.97. The highest BCUT2D eigenvalue weighted by Crippen LogP contribution is 2.30. The Morgan fingerprint density at radius 3 is 3.10 bits per heavy atom. The van der Waals surface area contributed by atoms with Gasteiger partial charge in [-0.15, -0.1) is 0 Å². The van der Waals surface area contributed by atoms with Gasteiger partial charge in [-0.3, -0.25) is 0 Å². The number of hydrogen-bond donors (Lipinski definition) is 2. The molecule has 1 aromatic heterocycles. The van der Waals surface area contributed by atoms with Gasteiger partial charge in [-0.1, -0.05) is 0 Å². The Bertz CT molecular complexity index is 490. The number of methoxy groups -OCH3 is 1. The summed E-state index contributed by atoms with van der Waals surface area (Å²) in [5.74, 6) is 0.902. The van der Waals surface area contributed by atoms with Gasteiger partial charge in [-0.25, -0.2) is 9.78 Å². The summed E-state index contributed by atoms with van der Waals surface area (Å²) in [5.41, 5.74) is 1.52. The second-order valence-corrected chi connectivity index (χ2v) is 5.48. The number of rotatable bonds is 4. The zero-order chi connectivity index (χ0) is 14.5. The first kappa shape index (κ1) is 15.1. The van der Waals surface area contributed by atoms with Gasteiger partial charge in [0, 0.05) is 19.1 Å². The molecule has 0 radical (unpaired) electrons. The van der Waals surface area contributed by atoms with Crippen molar-refractivity contribution in [2.24, 2.45) is 5.92 Å². The molecule has 7 heteroatoms. The number of carbonyl (C=O) groups is 1. The second kappa shape index (κ2) is 6.90. The Balaban J connectivity index is 1.92. The molecule has 1 unspecified atom stereocenters. The first-order valence-corrected chi connectivity index (χ1v) is 7.22. The maximum atomic E-state index is 11.8. The topological polar surface area (TPSA) is 72.5 Å². The summed E-state index contributed by atoms with van der Waals surface area (Å²) in [6, 6.07) is -0.237. The Labute approximate surface area is 126 Å². The van der Waals surface area contributed by atoms with Crippen LogP contribution < -0.4 is 15.4 Å². The van der Waals surface area contributed by atoms with Crippen LogP contribution in [0.5, 0.6) is 5.88 Å². The molecule has 1 atom stereocenters. The number of anilines is 1. The maximum absolute atomic E-state index is 11.8. The molecule has 0 spiro atoms. The maximum Gasteiger partial charge on any atom is 0.319 e. The molecule has 1 fully saturated rings. The van der Waals surface area contributed by atoms with E-state index >= 15 is 0 Å². The summed E-state index contributed by atoms with van der Waals surface area (Å²) >= 11 is 3.40. The number of carbonyl (C=O) groups excluding carboxylic acids is 1. The van der Waals surface area contributed by atoms with Gasteiger partial charge in [-0.05, 0) is 34.8 Å². The first-order chi connectivity index (χ1) is 9.61. The van der Waals surface area contributed by atoms with Gasteiger partial charge in [0.15, 0.2) is 0 Å². The number of amides is 2. The zero-order valence-corrected chi connectivity index (χ0v) is 13.1. The second-order valence-electron chi connectivity index (χ2n) is 4.68. The molecule has 1 aromatic rings. The molecule has 2 N–H and O–H groups in total. The fraction of sp³-hybridized carbons (Fsp3) is 0.538. The van der Waals surface area contributed by atoms with Crippen molar-refractivity contribution in [3.05, 3.63) is 16.2 Å². The smallest absolute Gasteiger partial charge is 0.319 e. The molecule has 2 rings (SSSR count). The number of aromatic nitrogens is 1. The van der Waals surface area contributed by atoms with Crippen molar-refractivity contribution in [1.82, 2.24) is 10.3 Å². The summed E-state index contributed by atoms with van der Waals surface area (Å²) in [6.07, 6.45) is 2.58. The van der Waals surface area contributed by atoms with E-state index in [1.54, 1.807) is 13.3 Å². The number of pyridine rings is 1.